The molecule has 2 aromatic rings. The van der Waals surface area contributed by atoms with E-state index in [4.69, 9.17) is 11.6 Å². The molecule has 2 rings (SSSR count). The van der Waals surface area contributed by atoms with Crippen LogP contribution in [0, 0.1) is 0 Å². The zero-order chi connectivity index (χ0) is 14.7. The van der Waals surface area contributed by atoms with Gasteiger partial charge in [-0.3, -0.25) is 4.79 Å². The minimum absolute atomic E-state index is 0.0123. The van der Waals surface area contributed by atoms with Crippen molar-refractivity contribution in [1.82, 2.24) is 4.57 Å². The maximum absolute atomic E-state index is 12.3. The summed E-state index contributed by atoms with van der Waals surface area (Å²) in [5.41, 5.74) is 1.11. The summed E-state index contributed by atoms with van der Waals surface area (Å²) in [6.45, 7) is 2.82. The van der Waals surface area contributed by atoms with Gasteiger partial charge < -0.3 is 15.0 Å². The van der Waals surface area contributed by atoms with Gasteiger partial charge in [-0.1, -0.05) is 18.5 Å². The van der Waals surface area contributed by atoms with E-state index in [0.717, 1.165) is 17.4 Å². The number of nitrogens with one attached hydrogen (secondary N) is 1. The second-order valence-electron chi connectivity index (χ2n) is 4.36. The first-order chi connectivity index (χ1) is 9.51. The smallest absolute Gasteiger partial charge is 0.272 e. The van der Waals surface area contributed by atoms with Crippen molar-refractivity contribution in [3.63, 3.8) is 0 Å². The van der Waals surface area contributed by atoms with Crippen LogP contribution >= 0.6 is 27.5 Å². The van der Waals surface area contributed by atoms with Crippen molar-refractivity contribution in [2.75, 3.05) is 5.32 Å². The summed E-state index contributed by atoms with van der Waals surface area (Å²) in [6.07, 6.45) is 2.81. The Balaban J connectivity index is 2.21. The zero-order valence-electron chi connectivity index (χ0n) is 10.9. The van der Waals surface area contributed by atoms with E-state index >= 15 is 0 Å². The monoisotopic (exact) mass is 356 g/mol. The molecule has 0 aliphatic carbocycles. The molecule has 1 aromatic carbocycles. The number of aromatic hydroxyl groups is 1. The van der Waals surface area contributed by atoms with Crippen LogP contribution in [0.15, 0.2) is 34.9 Å². The van der Waals surface area contributed by atoms with Crippen LogP contribution < -0.4 is 5.32 Å². The lowest BCUT2D eigenvalue weighted by Crippen LogP contribution is -2.16. The summed E-state index contributed by atoms with van der Waals surface area (Å²) in [5.74, 6) is -0.229. The number of hydrogen-bond donors (Lipinski definition) is 2. The minimum atomic E-state index is -0.217. The summed E-state index contributed by atoms with van der Waals surface area (Å²) >= 11 is 9.19. The molecule has 0 aliphatic heterocycles. The highest BCUT2D eigenvalue weighted by Gasteiger charge is 2.13. The van der Waals surface area contributed by atoms with Crippen molar-refractivity contribution in [2.24, 2.45) is 0 Å². The Bertz CT molecular complexity index is 640. The number of nitrogens with zero attached hydrogens (tertiary/aromatic N) is 1. The Morgan fingerprint density at radius 3 is 2.85 bits per heavy atom. The number of anilines is 1. The number of phenols is 1. The number of amides is 1. The molecule has 1 amide bonds. The fourth-order valence-corrected chi connectivity index (χ4v) is 2.52. The van der Waals surface area contributed by atoms with E-state index in [1.165, 1.54) is 12.1 Å². The molecule has 0 aliphatic rings. The SMILES string of the molecule is CCCn1cc(Br)cc1C(=O)Nc1ccc(O)c(Cl)c1. The minimum Gasteiger partial charge on any atom is -0.506 e. The summed E-state index contributed by atoms with van der Waals surface area (Å²) in [5, 5.41) is 12.3. The maximum atomic E-state index is 12.3. The molecule has 0 saturated carbocycles. The van der Waals surface area contributed by atoms with Crippen molar-refractivity contribution < 1.29 is 9.90 Å². The van der Waals surface area contributed by atoms with Crippen LogP contribution in [0.2, 0.25) is 5.02 Å². The van der Waals surface area contributed by atoms with Crippen molar-refractivity contribution in [1.29, 1.82) is 0 Å². The van der Waals surface area contributed by atoms with Gasteiger partial charge in [-0.05, 0) is 46.6 Å². The van der Waals surface area contributed by atoms with Crippen LogP contribution in [-0.4, -0.2) is 15.6 Å². The summed E-state index contributed by atoms with van der Waals surface area (Å²) < 4.78 is 2.75. The van der Waals surface area contributed by atoms with Crippen molar-refractivity contribution in [2.45, 2.75) is 19.9 Å². The molecule has 20 heavy (non-hydrogen) atoms. The molecule has 0 bridgehead atoms. The summed E-state index contributed by atoms with van der Waals surface area (Å²) in [6, 6.07) is 6.32. The van der Waals surface area contributed by atoms with Crippen molar-refractivity contribution >= 4 is 39.1 Å². The number of rotatable bonds is 4. The van der Waals surface area contributed by atoms with E-state index in [1.807, 2.05) is 10.8 Å². The second-order valence-corrected chi connectivity index (χ2v) is 5.68. The van der Waals surface area contributed by atoms with Crippen LogP contribution in [0.1, 0.15) is 23.8 Å². The Morgan fingerprint density at radius 2 is 2.20 bits per heavy atom. The fourth-order valence-electron chi connectivity index (χ4n) is 1.87. The normalized spacial score (nSPS) is 10.6. The third kappa shape index (κ3) is 3.35. The molecule has 0 unspecified atom stereocenters. The third-order valence-electron chi connectivity index (χ3n) is 2.77. The highest BCUT2D eigenvalue weighted by atomic mass is 79.9. The highest BCUT2D eigenvalue weighted by Crippen LogP contribution is 2.26. The number of halogens is 2. The topological polar surface area (TPSA) is 54.3 Å². The number of hydrogen-bond acceptors (Lipinski definition) is 2. The van der Waals surface area contributed by atoms with Gasteiger partial charge in [0.05, 0.1) is 5.02 Å². The average molecular weight is 358 g/mol. The lowest BCUT2D eigenvalue weighted by molar-refractivity contribution is 0.101. The predicted molar refractivity (Wildman–Crippen MR) is 83.5 cm³/mol. The van der Waals surface area contributed by atoms with Crippen molar-refractivity contribution in [3.05, 3.63) is 45.7 Å². The first-order valence-corrected chi connectivity index (χ1v) is 7.34. The molecule has 0 spiro atoms. The molecule has 1 heterocycles. The van der Waals surface area contributed by atoms with Gasteiger partial charge in [0.1, 0.15) is 11.4 Å². The zero-order valence-corrected chi connectivity index (χ0v) is 13.2. The van der Waals surface area contributed by atoms with E-state index in [-0.39, 0.29) is 16.7 Å². The number of phenolic OH excluding ortho intramolecular Hbond substituents is 1. The predicted octanol–water partition coefficient (Wildman–Crippen LogP) is 4.27. The number of benzene rings is 1. The van der Waals surface area contributed by atoms with Crippen molar-refractivity contribution in [3.8, 4) is 5.75 Å². The molecule has 6 heteroatoms. The second kappa shape index (κ2) is 6.33. The molecular formula is C14H14BrClN2O2. The average Bonchev–Trinajstić information content (AvgIpc) is 2.75. The van der Waals surface area contributed by atoms with Crippen LogP contribution in [-0.2, 0) is 6.54 Å². The first-order valence-electron chi connectivity index (χ1n) is 6.16. The molecule has 4 nitrogen and oxygen atoms in total. The van der Waals surface area contributed by atoms with Gasteiger partial charge in [0, 0.05) is 22.9 Å². The number of carbonyl (C=O) groups is 1. The van der Waals surface area contributed by atoms with E-state index < -0.39 is 0 Å². The number of aryl methyl sites for hydroxylation is 1. The van der Waals surface area contributed by atoms with Crippen LogP contribution in [0.3, 0.4) is 0 Å². The molecule has 0 radical (unpaired) electrons. The van der Waals surface area contributed by atoms with E-state index in [9.17, 15) is 9.90 Å². The van der Waals surface area contributed by atoms with Gasteiger partial charge in [0.2, 0.25) is 0 Å². The molecule has 0 fully saturated rings. The van der Waals surface area contributed by atoms with Gasteiger partial charge >= 0.3 is 0 Å². The Labute approximate surface area is 130 Å². The molecule has 0 atom stereocenters. The summed E-state index contributed by atoms with van der Waals surface area (Å²) in [4.78, 5) is 12.3. The number of carbonyl (C=O) groups excluding carboxylic acids is 1. The Kier molecular flexibility index (Phi) is 4.73. The van der Waals surface area contributed by atoms with E-state index in [0.29, 0.717) is 11.4 Å². The molecule has 106 valence electrons. The fraction of sp³-hybridized carbons (Fsp3) is 0.214. The molecule has 2 N–H and O–H groups in total. The molecule has 0 saturated heterocycles. The van der Waals surface area contributed by atoms with Crippen LogP contribution in [0.5, 0.6) is 5.75 Å². The third-order valence-corrected chi connectivity index (χ3v) is 3.50. The summed E-state index contributed by atoms with van der Waals surface area (Å²) in [7, 11) is 0. The maximum Gasteiger partial charge on any atom is 0.272 e. The van der Waals surface area contributed by atoms with E-state index in [1.54, 1.807) is 12.1 Å². The van der Waals surface area contributed by atoms with Gasteiger partial charge in [-0.15, -0.1) is 0 Å². The van der Waals surface area contributed by atoms with E-state index in [2.05, 4.69) is 28.2 Å². The standard InChI is InChI=1S/C14H14BrClN2O2/c1-2-5-18-8-9(15)6-12(18)14(20)17-10-3-4-13(19)11(16)7-10/h3-4,6-8,19H,2,5H2,1H3,(H,17,20). The van der Waals surface area contributed by atoms with Gasteiger partial charge in [-0.2, -0.15) is 0 Å². The Morgan fingerprint density at radius 1 is 1.45 bits per heavy atom. The lowest BCUT2D eigenvalue weighted by atomic mass is 10.3. The lowest BCUT2D eigenvalue weighted by Gasteiger charge is -2.09. The first kappa shape index (κ1) is 14.9. The van der Waals surface area contributed by atoms with Gasteiger partial charge in [0.15, 0.2) is 0 Å². The Hall–Kier alpha value is -1.46. The highest BCUT2D eigenvalue weighted by molar-refractivity contribution is 9.10. The van der Waals surface area contributed by atoms with Crippen LogP contribution in [0.25, 0.3) is 0 Å². The largest absolute Gasteiger partial charge is 0.506 e. The van der Waals surface area contributed by atoms with Crippen LogP contribution in [0.4, 0.5) is 5.69 Å². The number of aromatic nitrogens is 1. The molecular weight excluding hydrogens is 344 g/mol. The molecule has 1 aromatic heterocycles. The van der Waals surface area contributed by atoms with Gasteiger partial charge in [-0.25, -0.2) is 0 Å². The quantitative estimate of drug-likeness (QED) is 0.803. The van der Waals surface area contributed by atoms with Gasteiger partial charge in [0.25, 0.3) is 5.91 Å².